The molecule has 0 aliphatic carbocycles. The Morgan fingerprint density at radius 2 is 1.64 bits per heavy atom. The van der Waals surface area contributed by atoms with Crippen LogP contribution in [-0.4, -0.2) is 53.9 Å². The van der Waals surface area contributed by atoms with E-state index in [0.29, 0.717) is 0 Å². The summed E-state index contributed by atoms with van der Waals surface area (Å²) in [5.74, 6) is 0.915. The monoisotopic (exact) mass is 607 g/mol. The van der Waals surface area contributed by atoms with Gasteiger partial charge in [0.15, 0.2) is 0 Å². The Morgan fingerprint density at radius 1 is 1.00 bits per heavy atom. The summed E-state index contributed by atoms with van der Waals surface area (Å²) >= 11 is -2.21. The fraction of sp³-hybridized carbons (Fsp3) is 0.700. The van der Waals surface area contributed by atoms with Crippen molar-refractivity contribution in [3.63, 3.8) is 0 Å². The molecule has 2 atom stereocenters. The summed E-state index contributed by atoms with van der Waals surface area (Å²) in [7, 11) is 0. The van der Waals surface area contributed by atoms with Crippen LogP contribution in [0.1, 0.15) is 91.5 Å². The first kappa shape index (κ1) is 29.5. The third kappa shape index (κ3) is 8.22. The number of rotatable bonds is 16. The van der Waals surface area contributed by atoms with Crippen molar-refractivity contribution in [1.82, 2.24) is 0 Å². The van der Waals surface area contributed by atoms with E-state index in [1.807, 2.05) is 32.0 Å². The van der Waals surface area contributed by atoms with Gasteiger partial charge in [-0.15, -0.1) is 0 Å². The van der Waals surface area contributed by atoms with Crippen LogP contribution in [0.5, 0.6) is 11.5 Å². The number of hydrogen-bond donors (Lipinski definition) is 0. The second-order valence-electron chi connectivity index (χ2n) is 11.1. The third-order valence-corrected chi connectivity index (χ3v) is 22.1. The molecule has 0 bridgehead atoms. The van der Waals surface area contributed by atoms with Crippen molar-refractivity contribution in [3.8, 4) is 11.5 Å². The summed E-state index contributed by atoms with van der Waals surface area (Å²) in [6.07, 6.45) is 11.8. The molecule has 202 valence electrons. The van der Waals surface area contributed by atoms with Gasteiger partial charge in [0.25, 0.3) is 0 Å². The molecule has 0 unspecified atom stereocenters. The van der Waals surface area contributed by atoms with Gasteiger partial charge < -0.3 is 4.74 Å². The number of unbranched alkanes of at least 4 members (excludes halogenated alkanes) is 3. The SMILES string of the molecule is C=C(c1ccc2c(c1)OCO2)[C@@H]1OC(C)(C)O[C@@H]1CC/C=N/[CH2][Sn]([CH2]CCC)([CH2]CCC)[CH2]CCC. The molecule has 1 saturated heterocycles. The quantitative estimate of drug-likeness (QED) is 0.141. The van der Waals surface area contributed by atoms with Crippen LogP contribution in [-0.2, 0) is 9.47 Å². The number of nitrogens with zero attached hydrogens (tertiary/aromatic N) is 1. The van der Waals surface area contributed by atoms with Crippen LogP contribution in [0.25, 0.3) is 5.57 Å². The van der Waals surface area contributed by atoms with Crippen molar-refractivity contribution in [2.75, 3.05) is 11.4 Å². The van der Waals surface area contributed by atoms with E-state index >= 15 is 0 Å². The van der Waals surface area contributed by atoms with Gasteiger partial charge in [0.05, 0.1) is 0 Å². The molecule has 0 spiro atoms. The molecule has 0 N–H and O–H groups in total. The second kappa shape index (κ2) is 14.2. The maximum absolute atomic E-state index is 6.32. The number of benzene rings is 1. The fourth-order valence-corrected chi connectivity index (χ4v) is 19.9. The summed E-state index contributed by atoms with van der Waals surface area (Å²) in [5, 5.41) is 0. The molecule has 2 aliphatic heterocycles. The summed E-state index contributed by atoms with van der Waals surface area (Å²) < 4.78 is 29.3. The molecular weight excluding hydrogens is 557 g/mol. The Hall–Kier alpha value is -1.05. The van der Waals surface area contributed by atoms with Gasteiger partial charge in [0, 0.05) is 0 Å². The first-order valence-electron chi connectivity index (χ1n) is 14.3. The van der Waals surface area contributed by atoms with E-state index in [1.54, 1.807) is 0 Å². The molecule has 0 amide bonds. The summed E-state index contributed by atoms with van der Waals surface area (Å²) in [4.78, 5) is 5.09. The Bertz CT molecular complexity index is 847. The average molecular weight is 606 g/mol. The van der Waals surface area contributed by atoms with Crippen LogP contribution in [0.2, 0.25) is 13.3 Å². The maximum atomic E-state index is 6.32. The number of ether oxygens (including phenoxy) is 4. The first-order valence-corrected chi connectivity index (χ1v) is 22.3. The second-order valence-corrected chi connectivity index (χ2v) is 24.8. The van der Waals surface area contributed by atoms with E-state index in [1.165, 1.54) is 51.8 Å². The van der Waals surface area contributed by atoms with E-state index in [0.717, 1.165) is 40.0 Å². The average Bonchev–Trinajstić information content (AvgIpc) is 3.46. The van der Waals surface area contributed by atoms with Crippen molar-refractivity contribution in [2.24, 2.45) is 4.99 Å². The van der Waals surface area contributed by atoms with Gasteiger partial charge in [-0.25, -0.2) is 0 Å². The molecule has 0 radical (unpaired) electrons. The van der Waals surface area contributed by atoms with Gasteiger partial charge in [0.2, 0.25) is 6.79 Å². The molecule has 2 aliphatic rings. The van der Waals surface area contributed by atoms with Gasteiger partial charge in [-0.2, -0.15) is 0 Å². The molecule has 2 heterocycles. The molecule has 1 fully saturated rings. The molecule has 0 saturated carbocycles. The van der Waals surface area contributed by atoms with E-state index in [2.05, 4.69) is 33.6 Å². The van der Waals surface area contributed by atoms with Crippen LogP contribution in [0.15, 0.2) is 29.8 Å². The zero-order valence-corrected chi connectivity index (χ0v) is 26.3. The minimum absolute atomic E-state index is 0.0436. The van der Waals surface area contributed by atoms with Gasteiger partial charge in [0.1, 0.15) is 0 Å². The Balaban J connectivity index is 1.61. The Morgan fingerprint density at radius 3 is 2.28 bits per heavy atom. The topological polar surface area (TPSA) is 49.3 Å². The Kier molecular flexibility index (Phi) is 11.6. The fourth-order valence-electron chi connectivity index (χ4n) is 5.46. The van der Waals surface area contributed by atoms with Gasteiger partial charge in [-0.3, -0.25) is 0 Å². The van der Waals surface area contributed by atoms with Gasteiger partial charge in [-0.1, -0.05) is 0 Å². The molecule has 1 aromatic rings. The van der Waals surface area contributed by atoms with Gasteiger partial charge >= 0.3 is 213 Å². The molecule has 5 nitrogen and oxygen atoms in total. The molecule has 3 rings (SSSR count). The normalized spacial score (nSPS) is 20.9. The number of hydrogen-bond acceptors (Lipinski definition) is 5. The van der Waals surface area contributed by atoms with Crippen LogP contribution < -0.4 is 9.47 Å². The van der Waals surface area contributed by atoms with Crippen LogP contribution in [0, 0.1) is 0 Å². The van der Waals surface area contributed by atoms with Crippen LogP contribution >= 0.6 is 0 Å². The predicted molar refractivity (Wildman–Crippen MR) is 153 cm³/mol. The standard InChI is InChI=1S/C18H22NO4.3C4H9.Sn/c1-12(13-7-8-14-16(10-13)21-11-20-14)17-15(6-5-9-19-4)22-18(2,3)23-17;3*1-3-4-2;/h7-10,15,17H,1,4-6,11H2,2-3H3;3*1,3-4H2,2H3;/b19-9+;;;;/t15-,17+;;;;/m1..../s1. The molecule has 36 heavy (non-hydrogen) atoms. The third-order valence-electron chi connectivity index (χ3n) is 7.59. The van der Waals surface area contributed by atoms with Crippen molar-refractivity contribution >= 4 is 30.2 Å². The van der Waals surface area contributed by atoms with E-state index < -0.39 is 24.2 Å². The number of fused-ring (bicyclic) bond motifs is 1. The molecule has 6 heteroatoms. The van der Waals surface area contributed by atoms with E-state index in [4.69, 9.17) is 23.9 Å². The molecular formula is C30H49NO4Sn. The summed E-state index contributed by atoms with van der Waals surface area (Å²) in [6.45, 7) is 15.6. The number of aliphatic imine (C=N–C) groups is 1. The minimum atomic E-state index is -2.21. The molecule has 0 aromatic heterocycles. The van der Waals surface area contributed by atoms with E-state index in [9.17, 15) is 0 Å². The van der Waals surface area contributed by atoms with Gasteiger partial charge in [-0.05, 0) is 0 Å². The molecule has 1 aromatic carbocycles. The van der Waals surface area contributed by atoms with Crippen molar-refractivity contribution in [3.05, 3.63) is 30.3 Å². The Labute approximate surface area is 223 Å². The summed E-state index contributed by atoms with van der Waals surface area (Å²) in [5.41, 5.74) is 1.93. The zero-order chi connectivity index (χ0) is 26.0. The van der Waals surface area contributed by atoms with E-state index in [-0.39, 0.29) is 19.0 Å². The van der Waals surface area contributed by atoms with Crippen molar-refractivity contribution < 1.29 is 18.9 Å². The summed E-state index contributed by atoms with van der Waals surface area (Å²) in [6, 6.07) is 5.96. The predicted octanol–water partition coefficient (Wildman–Crippen LogP) is 8.19. The first-order chi connectivity index (χ1) is 17.3. The van der Waals surface area contributed by atoms with Crippen molar-refractivity contribution in [1.29, 1.82) is 0 Å². The van der Waals surface area contributed by atoms with Crippen LogP contribution in [0.3, 0.4) is 0 Å². The zero-order valence-electron chi connectivity index (χ0n) is 23.4. The van der Waals surface area contributed by atoms with Crippen molar-refractivity contribution in [2.45, 2.75) is 117 Å². The van der Waals surface area contributed by atoms with Crippen LogP contribution in [0.4, 0.5) is 0 Å².